The molecule has 3 nitrogen and oxygen atoms in total. The molecule has 1 aromatic heterocycles. The summed E-state index contributed by atoms with van der Waals surface area (Å²) in [5.74, 6) is 0. The summed E-state index contributed by atoms with van der Waals surface area (Å²) in [6.45, 7) is 1.55. The molecule has 0 aliphatic carbocycles. The number of benzene rings is 1. The lowest BCUT2D eigenvalue weighted by atomic mass is 10.1. The first kappa shape index (κ1) is 12.6. The first-order valence-corrected chi connectivity index (χ1v) is 5.26. The number of aliphatic hydroxyl groups is 1. The van der Waals surface area contributed by atoms with E-state index in [0.717, 1.165) is 17.7 Å². The highest BCUT2D eigenvalue weighted by Gasteiger charge is 2.30. The molecular weight excluding hydrogens is 245 g/mol. The monoisotopic (exact) mass is 256 g/mol. The summed E-state index contributed by atoms with van der Waals surface area (Å²) in [7, 11) is 0. The molecule has 0 fully saturated rings. The summed E-state index contributed by atoms with van der Waals surface area (Å²) < 4.78 is 37.2. The van der Waals surface area contributed by atoms with Crippen LogP contribution in [0.3, 0.4) is 0 Å². The van der Waals surface area contributed by atoms with Gasteiger partial charge in [0.2, 0.25) is 0 Å². The van der Waals surface area contributed by atoms with Crippen LogP contribution in [0.2, 0.25) is 0 Å². The molecule has 2 rings (SSSR count). The Hall–Kier alpha value is -1.82. The third-order valence-corrected chi connectivity index (χ3v) is 2.76. The van der Waals surface area contributed by atoms with Gasteiger partial charge in [-0.15, -0.1) is 0 Å². The number of aliphatic hydroxyl groups excluding tert-OH is 1. The molecule has 1 aromatic carbocycles. The van der Waals surface area contributed by atoms with Crippen LogP contribution in [0.4, 0.5) is 13.2 Å². The van der Waals surface area contributed by atoms with E-state index in [1.807, 2.05) is 0 Å². The summed E-state index contributed by atoms with van der Waals surface area (Å²) >= 11 is 0. The van der Waals surface area contributed by atoms with Crippen molar-refractivity contribution >= 4 is 0 Å². The van der Waals surface area contributed by atoms with Gasteiger partial charge >= 0.3 is 6.18 Å². The van der Waals surface area contributed by atoms with Crippen LogP contribution in [0.1, 0.15) is 16.8 Å². The van der Waals surface area contributed by atoms with Gasteiger partial charge in [0.05, 0.1) is 23.6 Å². The van der Waals surface area contributed by atoms with E-state index >= 15 is 0 Å². The van der Waals surface area contributed by atoms with Gasteiger partial charge in [0.1, 0.15) is 0 Å². The number of hydrogen-bond acceptors (Lipinski definition) is 2. The molecule has 0 amide bonds. The predicted molar refractivity (Wildman–Crippen MR) is 59.7 cm³/mol. The number of aromatic amines is 1. The Bertz CT molecular complexity index is 543. The van der Waals surface area contributed by atoms with Crippen molar-refractivity contribution in [3.05, 3.63) is 41.1 Å². The first-order valence-electron chi connectivity index (χ1n) is 5.26. The van der Waals surface area contributed by atoms with Crippen molar-refractivity contribution in [2.24, 2.45) is 0 Å². The van der Waals surface area contributed by atoms with E-state index in [0.29, 0.717) is 17.0 Å². The Balaban J connectivity index is 2.37. The minimum Gasteiger partial charge on any atom is -0.390 e. The van der Waals surface area contributed by atoms with Gasteiger partial charge in [-0.25, -0.2) is 0 Å². The molecule has 0 radical (unpaired) electrons. The summed E-state index contributed by atoms with van der Waals surface area (Å²) in [5, 5.41) is 15.6. The average Bonchev–Trinajstić information content (AvgIpc) is 2.69. The molecule has 0 saturated carbocycles. The lowest BCUT2D eigenvalue weighted by molar-refractivity contribution is -0.137. The number of rotatable bonds is 2. The van der Waals surface area contributed by atoms with Crippen LogP contribution in [0.15, 0.2) is 24.3 Å². The van der Waals surface area contributed by atoms with E-state index in [9.17, 15) is 13.2 Å². The van der Waals surface area contributed by atoms with Crippen LogP contribution in [0, 0.1) is 6.92 Å². The second-order valence-electron chi connectivity index (χ2n) is 3.90. The van der Waals surface area contributed by atoms with Crippen molar-refractivity contribution < 1.29 is 18.3 Å². The Morgan fingerprint density at radius 2 is 1.83 bits per heavy atom. The third kappa shape index (κ3) is 2.24. The fourth-order valence-electron chi connectivity index (χ4n) is 1.70. The van der Waals surface area contributed by atoms with Gasteiger partial charge in [0.25, 0.3) is 0 Å². The molecule has 0 aliphatic heterocycles. The molecule has 1 heterocycles. The van der Waals surface area contributed by atoms with Gasteiger partial charge in [-0.05, 0) is 24.6 Å². The Labute approximate surface area is 101 Å². The zero-order valence-corrected chi connectivity index (χ0v) is 9.54. The van der Waals surface area contributed by atoms with E-state index < -0.39 is 11.7 Å². The lowest BCUT2D eigenvalue weighted by Gasteiger charge is -2.07. The first-order chi connectivity index (χ1) is 8.43. The highest BCUT2D eigenvalue weighted by Crippen LogP contribution is 2.31. The number of nitrogens with one attached hydrogen (secondary N) is 1. The molecule has 0 bridgehead atoms. The second-order valence-corrected chi connectivity index (χ2v) is 3.90. The van der Waals surface area contributed by atoms with Crippen LogP contribution in [-0.4, -0.2) is 15.3 Å². The maximum atomic E-state index is 12.4. The largest absolute Gasteiger partial charge is 0.416 e. The summed E-state index contributed by atoms with van der Waals surface area (Å²) in [5.41, 5.74) is 1.76. The zero-order chi connectivity index (χ0) is 13.3. The van der Waals surface area contributed by atoms with E-state index in [-0.39, 0.29) is 6.61 Å². The van der Waals surface area contributed by atoms with Gasteiger partial charge in [0, 0.05) is 5.56 Å². The number of aromatic nitrogens is 2. The Kier molecular flexibility index (Phi) is 3.13. The van der Waals surface area contributed by atoms with Gasteiger partial charge in [0.15, 0.2) is 0 Å². The Morgan fingerprint density at radius 1 is 1.22 bits per heavy atom. The van der Waals surface area contributed by atoms with Crippen molar-refractivity contribution in [2.45, 2.75) is 19.7 Å². The molecule has 6 heteroatoms. The van der Waals surface area contributed by atoms with Crippen LogP contribution in [0.25, 0.3) is 11.3 Å². The summed E-state index contributed by atoms with van der Waals surface area (Å²) in [6, 6.07) is 4.80. The van der Waals surface area contributed by atoms with Crippen LogP contribution < -0.4 is 0 Å². The molecule has 0 unspecified atom stereocenters. The molecule has 0 aliphatic rings. The minimum atomic E-state index is -4.34. The maximum Gasteiger partial charge on any atom is 0.416 e. The quantitative estimate of drug-likeness (QED) is 0.868. The maximum absolute atomic E-state index is 12.4. The molecule has 0 atom stereocenters. The normalized spacial score (nSPS) is 11.8. The highest BCUT2D eigenvalue weighted by atomic mass is 19.4. The van der Waals surface area contributed by atoms with Gasteiger partial charge in [-0.1, -0.05) is 12.1 Å². The molecule has 2 N–H and O–H groups in total. The van der Waals surface area contributed by atoms with Gasteiger partial charge in [-0.2, -0.15) is 18.3 Å². The second kappa shape index (κ2) is 4.45. The van der Waals surface area contributed by atoms with Crippen LogP contribution in [0.5, 0.6) is 0 Å². The lowest BCUT2D eigenvalue weighted by Crippen LogP contribution is -2.04. The highest BCUT2D eigenvalue weighted by molar-refractivity contribution is 5.63. The Morgan fingerprint density at radius 3 is 2.28 bits per heavy atom. The topological polar surface area (TPSA) is 48.9 Å². The van der Waals surface area contributed by atoms with Crippen LogP contribution in [-0.2, 0) is 12.8 Å². The van der Waals surface area contributed by atoms with Crippen LogP contribution >= 0.6 is 0 Å². The molecule has 2 aromatic rings. The van der Waals surface area contributed by atoms with Crippen molar-refractivity contribution in [3.8, 4) is 11.3 Å². The number of alkyl halides is 3. The van der Waals surface area contributed by atoms with E-state index in [1.165, 1.54) is 12.1 Å². The van der Waals surface area contributed by atoms with Crippen molar-refractivity contribution in [3.63, 3.8) is 0 Å². The van der Waals surface area contributed by atoms with Crippen molar-refractivity contribution in [1.82, 2.24) is 10.2 Å². The van der Waals surface area contributed by atoms with Crippen molar-refractivity contribution in [1.29, 1.82) is 0 Å². The predicted octanol–water partition coefficient (Wildman–Crippen LogP) is 2.90. The standard InChI is InChI=1S/C12H11F3N2O/c1-7-10(6-18)16-17-11(7)8-2-4-9(5-3-8)12(13,14)15/h2-5,18H,6H2,1H3,(H,16,17). The average molecular weight is 256 g/mol. The van der Waals surface area contributed by atoms with E-state index in [4.69, 9.17) is 5.11 Å². The summed E-state index contributed by atoms with van der Waals surface area (Å²) in [6.07, 6.45) is -4.34. The number of H-pyrrole nitrogens is 1. The van der Waals surface area contributed by atoms with E-state index in [2.05, 4.69) is 10.2 Å². The van der Waals surface area contributed by atoms with E-state index in [1.54, 1.807) is 6.92 Å². The van der Waals surface area contributed by atoms with Crippen molar-refractivity contribution in [2.75, 3.05) is 0 Å². The zero-order valence-electron chi connectivity index (χ0n) is 9.54. The summed E-state index contributed by atoms with van der Waals surface area (Å²) in [4.78, 5) is 0. The molecule has 0 saturated heterocycles. The van der Waals surface area contributed by atoms with Gasteiger partial charge in [-0.3, -0.25) is 5.10 Å². The SMILES string of the molecule is Cc1c(CO)n[nH]c1-c1ccc(C(F)(F)F)cc1. The number of halogens is 3. The number of nitrogens with zero attached hydrogens (tertiary/aromatic N) is 1. The molecule has 18 heavy (non-hydrogen) atoms. The third-order valence-electron chi connectivity index (χ3n) is 2.76. The smallest absolute Gasteiger partial charge is 0.390 e. The number of hydrogen-bond donors (Lipinski definition) is 2. The molecular formula is C12H11F3N2O. The van der Waals surface area contributed by atoms with Gasteiger partial charge < -0.3 is 5.11 Å². The fourth-order valence-corrected chi connectivity index (χ4v) is 1.70. The fraction of sp³-hybridized carbons (Fsp3) is 0.250. The minimum absolute atomic E-state index is 0.205. The molecule has 96 valence electrons. The molecule has 0 spiro atoms.